The quantitative estimate of drug-likeness (QED) is 0.238. The number of allylic oxidation sites excluding steroid dienone is 2. The third kappa shape index (κ3) is 5.27. The first-order valence-electron chi connectivity index (χ1n) is 8.83. The van der Waals surface area contributed by atoms with E-state index in [0.29, 0.717) is 0 Å². The highest BCUT2D eigenvalue weighted by atomic mass is 79.9. The number of hydrogen-bond donors (Lipinski definition) is 0. The van der Waals surface area contributed by atoms with Gasteiger partial charge in [0.2, 0.25) is 0 Å². The number of unbranched alkanes of at least 4 members (excludes halogenated alkanes) is 1. The summed E-state index contributed by atoms with van der Waals surface area (Å²) in [5.41, 5.74) is 4.32. The molecule has 0 aliphatic carbocycles. The molecular weight excluding hydrogens is 384 g/mol. The second-order valence-corrected chi connectivity index (χ2v) is 7.14. The van der Waals surface area contributed by atoms with E-state index in [9.17, 15) is 4.79 Å². The topological polar surface area (TPSA) is 17.1 Å². The van der Waals surface area contributed by atoms with Crippen molar-refractivity contribution in [3.8, 4) is 11.1 Å². The van der Waals surface area contributed by atoms with E-state index in [0.717, 1.165) is 40.4 Å². The normalized spacial score (nSPS) is 11.0. The zero-order chi connectivity index (χ0) is 18.2. The SMILES string of the molecule is O=C(C=CCCCc1ccccc1)c1ccc(-c2ccc(Br)cc2)cc1. The molecule has 0 heterocycles. The third-order valence-corrected chi connectivity index (χ3v) is 4.82. The van der Waals surface area contributed by atoms with Crippen LogP contribution in [0.25, 0.3) is 11.1 Å². The maximum absolute atomic E-state index is 12.3. The van der Waals surface area contributed by atoms with Crippen LogP contribution in [0, 0.1) is 0 Å². The first-order valence-corrected chi connectivity index (χ1v) is 9.62. The van der Waals surface area contributed by atoms with Gasteiger partial charge in [-0.15, -0.1) is 0 Å². The molecule has 0 N–H and O–H groups in total. The number of carbonyl (C=O) groups is 1. The Bertz CT molecular complexity index is 862. The van der Waals surface area contributed by atoms with Gasteiger partial charge in [0.15, 0.2) is 5.78 Å². The molecule has 0 radical (unpaired) electrons. The van der Waals surface area contributed by atoms with Crippen LogP contribution in [0.2, 0.25) is 0 Å². The molecule has 3 aromatic carbocycles. The first kappa shape index (κ1) is 18.3. The van der Waals surface area contributed by atoms with Crippen molar-refractivity contribution in [1.29, 1.82) is 0 Å². The van der Waals surface area contributed by atoms with Crippen LogP contribution in [-0.2, 0) is 6.42 Å². The molecule has 0 unspecified atom stereocenters. The number of halogens is 1. The van der Waals surface area contributed by atoms with Crippen molar-refractivity contribution in [2.75, 3.05) is 0 Å². The van der Waals surface area contributed by atoms with Crippen molar-refractivity contribution in [2.45, 2.75) is 19.3 Å². The van der Waals surface area contributed by atoms with E-state index < -0.39 is 0 Å². The Labute approximate surface area is 163 Å². The van der Waals surface area contributed by atoms with Crippen LogP contribution in [0.15, 0.2) is 95.5 Å². The maximum Gasteiger partial charge on any atom is 0.185 e. The monoisotopic (exact) mass is 404 g/mol. The standard InChI is InChI=1S/C24H21BrO/c25-23-17-15-21(16-18-23)20-11-13-22(14-12-20)24(26)10-6-2-5-9-19-7-3-1-4-8-19/h1,3-4,6-8,10-18H,2,5,9H2. The largest absolute Gasteiger partial charge is 0.289 e. The minimum Gasteiger partial charge on any atom is -0.289 e. The van der Waals surface area contributed by atoms with E-state index in [1.54, 1.807) is 6.08 Å². The lowest BCUT2D eigenvalue weighted by atomic mass is 10.0. The highest BCUT2D eigenvalue weighted by Gasteiger charge is 2.03. The van der Waals surface area contributed by atoms with Gasteiger partial charge in [-0.3, -0.25) is 4.79 Å². The van der Waals surface area contributed by atoms with Crippen molar-refractivity contribution in [1.82, 2.24) is 0 Å². The van der Waals surface area contributed by atoms with Gasteiger partial charge in [0, 0.05) is 10.0 Å². The number of hydrogen-bond acceptors (Lipinski definition) is 1. The minimum absolute atomic E-state index is 0.0621. The highest BCUT2D eigenvalue weighted by Crippen LogP contribution is 2.22. The summed E-state index contributed by atoms with van der Waals surface area (Å²) < 4.78 is 1.06. The molecule has 0 aliphatic heterocycles. The molecule has 0 saturated heterocycles. The fourth-order valence-corrected chi connectivity index (χ4v) is 3.09. The molecule has 3 rings (SSSR count). The van der Waals surface area contributed by atoms with Crippen LogP contribution in [0.1, 0.15) is 28.8 Å². The lowest BCUT2D eigenvalue weighted by molar-refractivity contribution is 0.104. The van der Waals surface area contributed by atoms with Crippen LogP contribution in [0.3, 0.4) is 0 Å². The van der Waals surface area contributed by atoms with Gasteiger partial charge in [-0.2, -0.15) is 0 Å². The number of benzene rings is 3. The van der Waals surface area contributed by atoms with E-state index in [1.165, 1.54) is 5.56 Å². The highest BCUT2D eigenvalue weighted by molar-refractivity contribution is 9.10. The molecule has 130 valence electrons. The summed E-state index contributed by atoms with van der Waals surface area (Å²) in [7, 11) is 0. The molecule has 26 heavy (non-hydrogen) atoms. The van der Waals surface area contributed by atoms with E-state index in [2.05, 4.69) is 52.3 Å². The second kappa shape index (κ2) is 9.30. The Balaban J connectivity index is 1.52. The number of ketones is 1. The Hall–Kier alpha value is -2.45. The van der Waals surface area contributed by atoms with E-state index in [-0.39, 0.29) is 5.78 Å². The third-order valence-electron chi connectivity index (χ3n) is 4.30. The molecule has 2 heteroatoms. The Kier molecular flexibility index (Phi) is 6.56. The summed E-state index contributed by atoms with van der Waals surface area (Å²) >= 11 is 3.44. The lowest BCUT2D eigenvalue weighted by Gasteiger charge is -2.03. The average molecular weight is 405 g/mol. The summed E-state index contributed by atoms with van der Waals surface area (Å²) in [6, 6.07) is 26.4. The van der Waals surface area contributed by atoms with Crippen molar-refractivity contribution in [2.24, 2.45) is 0 Å². The van der Waals surface area contributed by atoms with E-state index >= 15 is 0 Å². The number of aryl methyl sites for hydroxylation is 1. The van der Waals surface area contributed by atoms with Gasteiger partial charge in [-0.25, -0.2) is 0 Å². The van der Waals surface area contributed by atoms with Crippen molar-refractivity contribution in [3.05, 3.63) is 107 Å². The first-order chi connectivity index (χ1) is 12.7. The average Bonchev–Trinajstić information content (AvgIpc) is 2.69. The zero-order valence-electron chi connectivity index (χ0n) is 14.6. The van der Waals surface area contributed by atoms with Gasteiger partial charge in [0.05, 0.1) is 0 Å². The molecule has 0 fully saturated rings. The van der Waals surface area contributed by atoms with Gasteiger partial charge in [-0.05, 0) is 54.2 Å². The minimum atomic E-state index is 0.0621. The van der Waals surface area contributed by atoms with E-state index in [4.69, 9.17) is 0 Å². The second-order valence-electron chi connectivity index (χ2n) is 6.23. The molecule has 0 bridgehead atoms. The molecule has 0 spiro atoms. The molecule has 3 aromatic rings. The summed E-state index contributed by atoms with van der Waals surface area (Å²) in [6.45, 7) is 0. The molecule has 0 aliphatic rings. The van der Waals surface area contributed by atoms with Gasteiger partial charge >= 0.3 is 0 Å². The van der Waals surface area contributed by atoms with Crippen molar-refractivity contribution in [3.63, 3.8) is 0 Å². The van der Waals surface area contributed by atoms with Gasteiger partial charge in [-0.1, -0.05) is 88.7 Å². The molecular formula is C24H21BrO. The van der Waals surface area contributed by atoms with Crippen LogP contribution in [0.4, 0.5) is 0 Å². The number of rotatable bonds is 7. The molecule has 0 amide bonds. The smallest absolute Gasteiger partial charge is 0.185 e. The Morgan fingerprint density at radius 1 is 0.808 bits per heavy atom. The van der Waals surface area contributed by atoms with E-state index in [1.807, 2.05) is 48.5 Å². The van der Waals surface area contributed by atoms with Crippen LogP contribution < -0.4 is 0 Å². The number of carbonyl (C=O) groups excluding carboxylic acids is 1. The van der Waals surface area contributed by atoms with Crippen LogP contribution >= 0.6 is 15.9 Å². The molecule has 0 saturated carbocycles. The summed E-state index contributed by atoms with van der Waals surface area (Å²) in [6.07, 6.45) is 6.68. The lowest BCUT2D eigenvalue weighted by Crippen LogP contribution is -1.94. The predicted molar refractivity (Wildman–Crippen MR) is 112 cm³/mol. The van der Waals surface area contributed by atoms with Gasteiger partial charge < -0.3 is 0 Å². The molecule has 0 atom stereocenters. The Morgan fingerprint density at radius 2 is 1.42 bits per heavy atom. The summed E-state index contributed by atoms with van der Waals surface area (Å²) in [4.78, 5) is 12.3. The zero-order valence-corrected chi connectivity index (χ0v) is 16.2. The summed E-state index contributed by atoms with van der Waals surface area (Å²) in [5.74, 6) is 0.0621. The van der Waals surface area contributed by atoms with Crippen molar-refractivity contribution < 1.29 is 4.79 Å². The molecule has 1 nitrogen and oxygen atoms in total. The fourth-order valence-electron chi connectivity index (χ4n) is 2.82. The van der Waals surface area contributed by atoms with Crippen molar-refractivity contribution >= 4 is 21.7 Å². The molecule has 0 aromatic heterocycles. The predicted octanol–water partition coefficient (Wildman–Crippen LogP) is 6.88. The van der Waals surface area contributed by atoms with Crippen LogP contribution in [-0.4, -0.2) is 5.78 Å². The summed E-state index contributed by atoms with van der Waals surface area (Å²) in [5, 5.41) is 0. The maximum atomic E-state index is 12.3. The van der Waals surface area contributed by atoms with Gasteiger partial charge in [0.25, 0.3) is 0 Å². The Morgan fingerprint density at radius 3 is 2.08 bits per heavy atom. The fraction of sp³-hybridized carbons (Fsp3) is 0.125. The van der Waals surface area contributed by atoms with Gasteiger partial charge in [0.1, 0.15) is 0 Å². The van der Waals surface area contributed by atoms with Crippen LogP contribution in [0.5, 0.6) is 0 Å².